The van der Waals surface area contributed by atoms with Crippen molar-refractivity contribution in [3.63, 3.8) is 0 Å². The largest absolute Gasteiger partial charge is 0.335 e. The fraction of sp³-hybridized carbons (Fsp3) is 0.667. The topological polar surface area (TPSA) is 62.4 Å². The van der Waals surface area contributed by atoms with Gasteiger partial charge >= 0.3 is 0 Å². The molecule has 0 unspecified atom stereocenters. The number of hydrogen-bond donors (Lipinski definition) is 2. The van der Waals surface area contributed by atoms with Crippen LogP contribution in [0.5, 0.6) is 0 Å². The maximum atomic E-state index is 12.7. The van der Waals surface area contributed by atoms with Crippen LogP contribution in [0.25, 0.3) is 10.2 Å². The quantitative estimate of drug-likeness (QED) is 0.908. The molecule has 0 radical (unpaired) electrons. The number of aryl methyl sites for hydroxylation is 1. The Morgan fingerprint density at radius 3 is 2.87 bits per heavy atom. The summed E-state index contributed by atoms with van der Waals surface area (Å²) in [5, 5.41) is 3.26. The number of aromatic nitrogens is 2. The molecule has 0 amide bonds. The van der Waals surface area contributed by atoms with E-state index < -0.39 is 0 Å². The maximum absolute atomic E-state index is 12.7. The molecule has 3 N–H and O–H groups in total. The monoisotopic (exact) mass is 332 g/mol. The van der Waals surface area contributed by atoms with Gasteiger partial charge in [-0.25, -0.2) is 4.98 Å². The van der Waals surface area contributed by atoms with Crippen molar-refractivity contribution in [3.05, 3.63) is 26.6 Å². The summed E-state index contributed by atoms with van der Waals surface area (Å²) in [5.41, 5.74) is 1.35. The van der Waals surface area contributed by atoms with E-state index in [1.165, 1.54) is 42.5 Å². The zero-order chi connectivity index (χ0) is 16.0. The molecule has 1 saturated carbocycles. The van der Waals surface area contributed by atoms with Crippen LogP contribution < -0.4 is 10.9 Å². The number of rotatable bonds is 3. The number of nitrogens with one attached hydrogen (secondary N) is 1. The molecule has 2 aromatic heterocycles. The minimum Gasteiger partial charge on any atom is -0.335 e. The van der Waals surface area contributed by atoms with Crippen LogP contribution in [0.3, 0.4) is 0 Å². The summed E-state index contributed by atoms with van der Waals surface area (Å²) in [6.45, 7) is 4.47. The van der Waals surface area contributed by atoms with Gasteiger partial charge < -0.3 is 10.3 Å². The molecule has 0 aliphatic heterocycles. The zero-order valence-electron chi connectivity index (χ0n) is 14.0. The van der Waals surface area contributed by atoms with Crippen molar-refractivity contribution < 1.29 is 5.32 Å². The standard InChI is InChI=1S/C18H25N3OS/c1-10-7-8-13-14(9-10)23-18-15(13)17(22)20-16(21-18)11(2)19-12-5-3-4-6-12/h10-12,19H,3-9H2,1-2H3,(H,20,21,22)/p+1/t10-,11+/m0/s1. The van der Waals surface area contributed by atoms with Gasteiger partial charge in [-0.1, -0.05) is 6.92 Å². The van der Waals surface area contributed by atoms with E-state index in [1.54, 1.807) is 11.3 Å². The Morgan fingerprint density at radius 1 is 1.30 bits per heavy atom. The van der Waals surface area contributed by atoms with Gasteiger partial charge in [0, 0.05) is 4.88 Å². The second kappa shape index (κ2) is 6.02. The number of fused-ring (bicyclic) bond motifs is 3. The van der Waals surface area contributed by atoms with Gasteiger partial charge in [-0.3, -0.25) is 4.79 Å². The van der Waals surface area contributed by atoms with Crippen LogP contribution in [0.4, 0.5) is 0 Å². The predicted octanol–water partition coefficient (Wildman–Crippen LogP) is 2.68. The van der Waals surface area contributed by atoms with Crippen LogP contribution in [-0.2, 0) is 12.8 Å². The number of aromatic amines is 1. The van der Waals surface area contributed by atoms with Gasteiger partial charge in [-0.2, -0.15) is 0 Å². The van der Waals surface area contributed by atoms with Crippen molar-refractivity contribution in [3.8, 4) is 0 Å². The summed E-state index contributed by atoms with van der Waals surface area (Å²) in [6.07, 6.45) is 8.59. The van der Waals surface area contributed by atoms with Crippen molar-refractivity contribution >= 4 is 21.6 Å². The summed E-state index contributed by atoms with van der Waals surface area (Å²) in [7, 11) is 0. The summed E-state index contributed by atoms with van der Waals surface area (Å²) >= 11 is 1.75. The summed E-state index contributed by atoms with van der Waals surface area (Å²) in [4.78, 5) is 22.9. The minimum absolute atomic E-state index is 0.0729. The number of H-pyrrole nitrogens is 1. The van der Waals surface area contributed by atoms with E-state index in [4.69, 9.17) is 4.98 Å². The molecule has 124 valence electrons. The third kappa shape index (κ3) is 2.85. The first-order valence-electron chi connectivity index (χ1n) is 9.01. The van der Waals surface area contributed by atoms with E-state index >= 15 is 0 Å². The second-order valence-corrected chi connectivity index (χ2v) is 8.59. The van der Waals surface area contributed by atoms with Crippen LogP contribution in [0, 0.1) is 5.92 Å². The van der Waals surface area contributed by atoms with Crippen molar-refractivity contribution in [2.24, 2.45) is 5.92 Å². The smallest absolute Gasteiger partial charge is 0.260 e. The Bertz CT molecular complexity index is 772. The molecule has 2 heterocycles. The molecule has 2 aliphatic rings. The van der Waals surface area contributed by atoms with Gasteiger partial charge in [0.15, 0.2) is 5.82 Å². The summed E-state index contributed by atoms with van der Waals surface area (Å²) in [5.74, 6) is 1.57. The maximum Gasteiger partial charge on any atom is 0.260 e. The van der Waals surface area contributed by atoms with Crippen LogP contribution in [0.1, 0.15) is 68.3 Å². The first-order valence-corrected chi connectivity index (χ1v) is 9.83. The number of hydrogen-bond acceptors (Lipinski definition) is 3. The highest BCUT2D eigenvalue weighted by Gasteiger charge is 2.26. The minimum atomic E-state index is 0.0729. The Morgan fingerprint density at radius 2 is 2.09 bits per heavy atom. The van der Waals surface area contributed by atoms with E-state index in [-0.39, 0.29) is 11.6 Å². The van der Waals surface area contributed by atoms with E-state index in [2.05, 4.69) is 24.1 Å². The van der Waals surface area contributed by atoms with Crippen LogP contribution >= 0.6 is 11.3 Å². The molecule has 0 spiro atoms. The third-order valence-electron chi connectivity index (χ3n) is 5.58. The highest BCUT2D eigenvalue weighted by atomic mass is 32.1. The summed E-state index contributed by atoms with van der Waals surface area (Å²) in [6, 6.07) is 0.927. The Labute approximate surface area is 140 Å². The van der Waals surface area contributed by atoms with Crippen molar-refractivity contribution in [1.82, 2.24) is 9.97 Å². The second-order valence-electron chi connectivity index (χ2n) is 7.51. The van der Waals surface area contributed by atoms with Gasteiger partial charge in [0.1, 0.15) is 10.9 Å². The molecule has 0 aromatic carbocycles. The van der Waals surface area contributed by atoms with Crippen LogP contribution in [-0.4, -0.2) is 16.0 Å². The molecule has 23 heavy (non-hydrogen) atoms. The number of nitrogens with two attached hydrogens (primary N) is 1. The first-order chi connectivity index (χ1) is 11.1. The van der Waals surface area contributed by atoms with E-state index in [0.717, 1.165) is 34.8 Å². The van der Waals surface area contributed by atoms with Gasteiger partial charge in [0.2, 0.25) is 0 Å². The van der Waals surface area contributed by atoms with Crippen LogP contribution in [0.15, 0.2) is 4.79 Å². The molecular formula is C18H26N3OS+. The van der Waals surface area contributed by atoms with E-state index in [9.17, 15) is 4.79 Å². The molecule has 2 atom stereocenters. The third-order valence-corrected chi connectivity index (χ3v) is 6.72. The van der Waals surface area contributed by atoms with Crippen molar-refractivity contribution in [2.75, 3.05) is 0 Å². The molecule has 0 saturated heterocycles. The van der Waals surface area contributed by atoms with Gasteiger partial charge in [0.25, 0.3) is 5.56 Å². The molecule has 4 rings (SSSR count). The number of nitrogens with zero attached hydrogens (tertiary/aromatic N) is 1. The lowest BCUT2D eigenvalue weighted by Crippen LogP contribution is -2.90. The highest BCUT2D eigenvalue weighted by Crippen LogP contribution is 2.35. The average Bonchev–Trinajstić information content (AvgIpc) is 3.13. The highest BCUT2D eigenvalue weighted by molar-refractivity contribution is 7.18. The Balaban J connectivity index is 1.68. The lowest BCUT2D eigenvalue weighted by atomic mass is 9.89. The fourth-order valence-electron chi connectivity index (χ4n) is 4.23. The zero-order valence-corrected chi connectivity index (χ0v) is 14.8. The van der Waals surface area contributed by atoms with Crippen molar-refractivity contribution in [2.45, 2.75) is 70.9 Å². The lowest BCUT2D eigenvalue weighted by molar-refractivity contribution is -0.724. The first kappa shape index (κ1) is 15.3. The Kier molecular flexibility index (Phi) is 4.01. The number of thiophene rings is 1. The Hall–Kier alpha value is -1.20. The van der Waals surface area contributed by atoms with Gasteiger partial charge in [0.05, 0.1) is 11.4 Å². The predicted molar refractivity (Wildman–Crippen MR) is 94.0 cm³/mol. The number of quaternary nitrogens is 1. The van der Waals surface area contributed by atoms with Crippen molar-refractivity contribution in [1.29, 1.82) is 0 Å². The van der Waals surface area contributed by atoms with Crippen LogP contribution in [0.2, 0.25) is 0 Å². The molecule has 2 aromatic rings. The molecule has 2 aliphatic carbocycles. The molecule has 1 fully saturated rings. The fourth-order valence-corrected chi connectivity index (χ4v) is 5.62. The average molecular weight is 332 g/mol. The molecular weight excluding hydrogens is 306 g/mol. The van der Waals surface area contributed by atoms with E-state index in [1.807, 2.05) is 0 Å². The normalized spacial score (nSPS) is 23.3. The van der Waals surface area contributed by atoms with Gasteiger partial charge in [-0.15, -0.1) is 11.3 Å². The molecule has 5 heteroatoms. The summed E-state index contributed by atoms with van der Waals surface area (Å²) < 4.78 is 0. The molecule has 0 bridgehead atoms. The molecule has 4 nitrogen and oxygen atoms in total. The van der Waals surface area contributed by atoms with Gasteiger partial charge in [-0.05, 0) is 63.4 Å². The SMILES string of the molecule is C[C@H]1CCc2c(sc3nc([C@@H](C)[NH2+]C4CCCC4)[nH]c(=O)c23)C1. The lowest BCUT2D eigenvalue weighted by Gasteiger charge is -2.17. The van der Waals surface area contributed by atoms with E-state index in [0.29, 0.717) is 6.04 Å².